The molecule has 1 unspecified atom stereocenters. The Morgan fingerprint density at radius 1 is 1.15 bits per heavy atom. The molecule has 0 saturated heterocycles. The first-order chi connectivity index (χ1) is 9.38. The molecule has 0 fully saturated rings. The van der Waals surface area contributed by atoms with Gasteiger partial charge in [0.1, 0.15) is 0 Å². The highest BCUT2D eigenvalue weighted by Gasteiger charge is 2.48. The highest BCUT2D eigenvalue weighted by atomic mass is 16.4. The van der Waals surface area contributed by atoms with Crippen LogP contribution in [0.2, 0.25) is 0 Å². The van der Waals surface area contributed by atoms with E-state index >= 15 is 0 Å². The van der Waals surface area contributed by atoms with Crippen LogP contribution >= 0.6 is 0 Å². The van der Waals surface area contributed by atoms with Crippen LogP contribution in [0.15, 0.2) is 42.5 Å². The first-order valence-corrected chi connectivity index (χ1v) is 6.56. The van der Waals surface area contributed by atoms with Crippen molar-refractivity contribution in [2.24, 2.45) is 10.8 Å². The fourth-order valence-electron chi connectivity index (χ4n) is 2.84. The summed E-state index contributed by atoms with van der Waals surface area (Å²) in [7, 11) is 0. The van der Waals surface area contributed by atoms with E-state index in [0.717, 1.165) is 5.56 Å². The molecule has 0 amide bonds. The SMILES string of the molecule is CC1(C(=O)O)CC=C[C@](Cc2ccccc2)(C(=O)O)C1. The maximum atomic E-state index is 11.7. The molecule has 1 aliphatic carbocycles. The Labute approximate surface area is 117 Å². The zero-order valence-corrected chi connectivity index (χ0v) is 11.4. The van der Waals surface area contributed by atoms with Gasteiger partial charge in [0.05, 0.1) is 10.8 Å². The minimum absolute atomic E-state index is 0.107. The van der Waals surface area contributed by atoms with Crippen LogP contribution in [0.5, 0.6) is 0 Å². The molecular formula is C16H18O4. The quantitative estimate of drug-likeness (QED) is 0.828. The second kappa shape index (κ2) is 5.12. The Hall–Kier alpha value is -2.10. The molecule has 0 aliphatic heterocycles. The predicted octanol–water partition coefficient (Wildman–Crippen LogP) is 2.74. The maximum Gasteiger partial charge on any atom is 0.313 e. The van der Waals surface area contributed by atoms with E-state index in [4.69, 9.17) is 0 Å². The van der Waals surface area contributed by atoms with Crippen LogP contribution in [0, 0.1) is 10.8 Å². The van der Waals surface area contributed by atoms with Crippen molar-refractivity contribution in [1.82, 2.24) is 0 Å². The van der Waals surface area contributed by atoms with Gasteiger partial charge in [-0.1, -0.05) is 42.5 Å². The van der Waals surface area contributed by atoms with Gasteiger partial charge < -0.3 is 10.2 Å². The van der Waals surface area contributed by atoms with Gasteiger partial charge in [0.25, 0.3) is 0 Å². The van der Waals surface area contributed by atoms with Crippen molar-refractivity contribution in [2.45, 2.75) is 26.2 Å². The van der Waals surface area contributed by atoms with E-state index in [1.807, 2.05) is 30.3 Å². The Morgan fingerprint density at radius 3 is 2.35 bits per heavy atom. The Bertz CT molecular complexity index is 549. The van der Waals surface area contributed by atoms with E-state index in [1.165, 1.54) is 0 Å². The van der Waals surface area contributed by atoms with E-state index < -0.39 is 22.8 Å². The number of aliphatic carboxylic acids is 2. The van der Waals surface area contributed by atoms with Crippen molar-refractivity contribution < 1.29 is 19.8 Å². The second-order valence-corrected chi connectivity index (χ2v) is 5.77. The molecule has 106 valence electrons. The molecule has 0 bridgehead atoms. The lowest BCUT2D eigenvalue weighted by Crippen LogP contribution is -2.42. The number of carboxylic acids is 2. The highest BCUT2D eigenvalue weighted by Crippen LogP contribution is 2.44. The first kappa shape index (κ1) is 14.3. The van der Waals surface area contributed by atoms with Gasteiger partial charge in [0.15, 0.2) is 0 Å². The van der Waals surface area contributed by atoms with Crippen LogP contribution in [0.25, 0.3) is 0 Å². The fourth-order valence-corrected chi connectivity index (χ4v) is 2.84. The average Bonchev–Trinajstić information content (AvgIpc) is 2.39. The van der Waals surface area contributed by atoms with Gasteiger partial charge in [0.2, 0.25) is 0 Å². The number of benzene rings is 1. The summed E-state index contributed by atoms with van der Waals surface area (Å²) in [5.74, 6) is -1.91. The van der Waals surface area contributed by atoms with Crippen molar-refractivity contribution in [3.63, 3.8) is 0 Å². The monoisotopic (exact) mass is 274 g/mol. The number of carbonyl (C=O) groups is 2. The van der Waals surface area contributed by atoms with Crippen molar-refractivity contribution in [2.75, 3.05) is 0 Å². The summed E-state index contributed by atoms with van der Waals surface area (Å²) in [5.41, 5.74) is -1.27. The number of hydrogen-bond acceptors (Lipinski definition) is 2. The van der Waals surface area contributed by atoms with Crippen molar-refractivity contribution >= 4 is 11.9 Å². The van der Waals surface area contributed by atoms with Crippen LogP contribution in [-0.4, -0.2) is 22.2 Å². The van der Waals surface area contributed by atoms with Crippen molar-refractivity contribution in [1.29, 1.82) is 0 Å². The normalized spacial score (nSPS) is 29.1. The summed E-state index contributed by atoms with van der Waals surface area (Å²) in [5, 5.41) is 19.0. The van der Waals surface area contributed by atoms with Crippen LogP contribution in [0.1, 0.15) is 25.3 Å². The van der Waals surface area contributed by atoms with Crippen LogP contribution in [0.3, 0.4) is 0 Å². The molecule has 2 rings (SSSR count). The molecule has 0 radical (unpaired) electrons. The molecule has 20 heavy (non-hydrogen) atoms. The average molecular weight is 274 g/mol. The molecule has 1 aliphatic rings. The smallest absolute Gasteiger partial charge is 0.313 e. The van der Waals surface area contributed by atoms with Crippen molar-refractivity contribution in [3.8, 4) is 0 Å². The molecule has 4 nitrogen and oxygen atoms in total. The molecular weight excluding hydrogens is 256 g/mol. The third-order valence-electron chi connectivity index (χ3n) is 4.02. The zero-order valence-electron chi connectivity index (χ0n) is 11.4. The number of carboxylic acid groups (broad SMARTS) is 2. The number of rotatable bonds is 4. The molecule has 1 aromatic carbocycles. The zero-order chi connectivity index (χ0) is 14.8. The predicted molar refractivity (Wildman–Crippen MR) is 74.3 cm³/mol. The maximum absolute atomic E-state index is 11.7. The fraction of sp³-hybridized carbons (Fsp3) is 0.375. The van der Waals surface area contributed by atoms with Gasteiger partial charge in [-0.3, -0.25) is 9.59 Å². The standard InChI is InChI=1S/C16H18O4/c1-15(13(17)18)8-5-9-16(11-15,14(19)20)10-12-6-3-2-4-7-12/h2-7,9H,8,10-11H2,1H3,(H,17,18)(H,19,20)/t15?,16-/m1/s1. The Balaban J connectivity index is 2.36. The van der Waals surface area contributed by atoms with Gasteiger partial charge >= 0.3 is 11.9 Å². The molecule has 0 saturated carbocycles. The van der Waals surface area contributed by atoms with E-state index in [1.54, 1.807) is 19.1 Å². The van der Waals surface area contributed by atoms with E-state index in [2.05, 4.69) is 0 Å². The van der Waals surface area contributed by atoms with Gasteiger partial charge in [-0.2, -0.15) is 0 Å². The van der Waals surface area contributed by atoms with E-state index in [0.29, 0.717) is 12.8 Å². The lowest BCUT2D eigenvalue weighted by atomic mass is 9.64. The summed E-state index contributed by atoms with van der Waals surface area (Å²) in [6.45, 7) is 1.61. The largest absolute Gasteiger partial charge is 0.481 e. The molecule has 0 heterocycles. The lowest BCUT2D eigenvalue weighted by molar-refractivity contribution is -0.155. The van der Waals surface area contributed by atoms with Crippen molar-refractivity contribution in [3.05, 3.63) is 48.0 Å². The van der Waals surface area contributed by atoms with Crippen LogP contribution in [-0.2, 0) is 16.0 Å². The minimum Gasteiger partial charge on any atom is -0.481 e. The lowest BCUT2D eigenvalue weighted by Gasteiger charge is -2.38. The molecule has 0 spiro atoms. The Kier molecular flexibility index (Phi) is 3.66. The second-order valence-electron chi connectivity index (χ2n) is 5.77. The van der Waals surface area contributed by atoms with Crippen LogP contribution < -0.4 is 0 Å². The third-order valence-corrected chi connectivity index (χ3v) is 4.02. The Morgan fingerprint density at radius 2 is 1.80 bits per heavy atom. The molecule has 4 heteroatoms. The van der Waals surface area contributed by atoms with Gasteiger partial charge in [-0.15, -0.1) is 0 Å². The summed E-state index contributed by atoms with van der Waals surface area (Å²) in [6.07, 6.45) is 4.13. The molecule has 2 atom stereocenters. The van der Waals surface area contributed by atoms with Crippen LogP contribution in [0.4, 0.5) is 0 Å². The minimum atomic E-state index is -1.15. The summed E-state index contributed by atoms with van der Waals surface area (Å²) in [4.78, 5) is 23.2. The third kappa shape index (κ3) is 2.59. The van der Waals surface area contributed by atoms with Gasteiger partial charge in [-0.25, -0.2) is 0 Å². The summed E-state index contributed by atoms with van der Waals surface area (Å²) >= 11 is 0. The number of hydrogen-bond donors (Lipinski definition) is 2. The molecule has 1 aromatic rings. The van der Waals surface area contributed by atoms with Gasteiger partial charge in [0, 0.05) is 0 Å². The van der Waals surface area contributed by atoms with Gasteiger partial charge in [-0.05, 0) is 31.7 Å². The summed E-state index contributed by atoms with van der Waals surface area (Å²) in [6, 6.07) is 9.31. The van der Waals surface area contributed by atoms with E-state index in [9.17, 15) is 19.8 Å². The topological polar surface area (TPSA) is 74.6 Å². The summed E-state index contributed by atoms with van der Waals surface area (Å²) < 4.78 is 0. The number of allylic oxidation sites excluding steroid dienone is 1. The first-order valence-electron chi connectivity index (χ1n) is 6.56. The molecule has 0 aromatic heterocycles. The van der Waals surface area contributed by atoms with E-state index in [-0.39, 0.29) is 6.42 Å². The highest BCUT2D eigenvalue weighted by molar-refractivity contribution is 5.81. The molecule has 2 N–H and O–H groups in total.